The predicted octanol–water partition coefficient (Wildman–Crippen LogP) is 3.53. The Morgan fingerprint density at radius 2 is 1.84 bits per heavy atom. The van der Waals surface area contributed by atoms with Gasteiger partial charge in [0.05, 0.1) is 0 Å². The standard InChI is InChI=1S/C19H36N4O.HI/c1-2-20-19(21-13-9-15-23-14-8-12-18(23)24)22-16-17-10-6-4-3-5-7-11-17;/h17H,2-16H2,1H3,(H2,20,21,22);1H. The summed E-state index contributed by atoms with van der Waals surface area (Å²) in [7, 11) is 0. The Labute approximate surface area is 170 Å². The summed E-state index contributed by atoms with van der Waals surface area (Å²) in [4.78, 5) is 18.4. The summed E-state index contributed by atoms with van der Waals surface area (Å²) in [5, 5.41) is 6.77. The van der Waals surface area contributed by atoms with E-state index in [4.69, 9.17) is 4.99 Å². The summed E-state index contributed by atoms with van der Waals surface area (Å²) in [6.45, 7) is 6.62. The first-order valence-electron chi connectivity index (χ1n) is 10.1. The number of hydrogen-bond acceptors (Lipinski definition) is 2. The van der Waals surface area contributed by atoms with E-state index in [0.29, 0.717) is 5.91 Å². The van der Waals surface area contributed by atoms with Crippen LogP contribution in [0.4, 0.5) is 0 Å². The molecule has 2 rings (SSSR count). The molecule has 0 spiro atoms. The molecule has 1 heterocycles. The topological polar surface area (TPSA) is 56.7 Å². The first-order valence-corrected chi connectivity index (χ1v) is 10.1. The Bertz CT molecular complexity index is 395. The van der Waals surface area contributed by atoms with Crippen LogP contribution in [0.5, 0.6) is 0 Å². The molecule has 0 aromatic heterocycles. The van der Waals surface area contributed by atoms with Gasteiger partial charge in [-0.15, -0.1) is 24.0 Å². The molecular weight excluding hydrogens is 427 g/mol. The normalized spacial score (nSPS) is 20.0. The number of guanidine groups is 1. The molecule has 1 saturated heterocycles. The second kappa shape index (κ2) is 13.6. The van der Waals surface area contributed by atoms with Crippen LogP contribution in [0.1, 0.15) is 71.1 Å². The van der Waals surface area contributed by atoms with Crippen LogP contribution in [0.25, 0.3) is 0 Å². The van der Waals surface area contributed by atoms with Gasteiger partial charge >= 0.3 is 0 Å². The lowest BCUT2D eigenvalue weighted by Gasteiger charge is -2.19. The van der Waals surface area contributed by atoms with Crippen molar-refractivity contribution in [1.82, 2.24) is 15.5 Å². The lowest BCUT2D eigenvalue weighted by atomic mass is 9.91. The average molecular weight is 464 g/mol. The van der Waals surface area contributed by atoms with E-state index in [1.165, 1.54) is 44.9 Å². The second-order valence-electron chi connectivity index (χ2n) is 7.20. The Morgan fingerprint density at radius 3 is 2.48 bits per heavy atom. The van der Waals surface area contributed by atoms with E-state index < -0.39 is 0 Å². The van der Waals surface area contributed by atoms with E-state index >= 15 is 0 Å². The molecule has 1 aliphatic heterocycles. The number of aliphatic imine (C=N–C) groups is 1. The summed E-state index contributed by atoms with van der Waals surface area (Å²) < 4.78 is 0. The molecular formula is C19H37IN4O. The van der Waals surface area contributed by atoms with E-state index in [1.54, 1.807) is 0 Å². The first-order chi connectivity index (χ1) is 11.8. The van der Waals surface area contributed by atoms with Crippen molar-refractivity contribution in [2.45, 2.75) is 71.1 Å². The lowest BCUT2D eigenvalue weighted by molar-refractivity contribution is -0.127. The molecule has 1 amide bonds. The molecule has 146 valence electrons. The minimum atomic E-state index is 0. The number of likely N-dealkylation sites (tertiary alicyclic amines) is 1. The van der Waals surface area contributed by atoms with Gasteiger partial charge in [-0.3, -0.25) is 9.79 Å². The Morgan fingerprint density at radius 1 is 1.12 bits per heavy atom. The van der Waals surface area contributed by atoms with E-state index in [9.17, 15) is 4.79 Å². The van der Waals surface area contributed by atoms with Crippen LogP contribution in [0.3, 0.4) is 0 Å². The molecule has 5 nitrogen and oxygen atoms in total. The van der Waals surface area contributed by atoms with E-state index in [0.717, 1.165) is 63.9 Å². The van der Waals surface area contributed by atoms with Crippen molar-refractivity contribution in [3.8, 4) is 0 Å². The van der Waals surface area contributed by atoms with E-state index in [-0.39, 0.29) is 24.0 Å². The molecule has 0 aromatic rings. The Balaban J connectivity index is 0.00000312. The van der Waals surface area contributed by atoms with Gasteiger partial charge in [0.1, 0.15) is 0 Å². The van der Waals surface area contributed by atoms with Gasteiger partial charge < -0.3 is 15.5 Å². The van der Waals surface area contributed by atoms with Crippen molar-refractivity contribution in [2.24, 2.45) is 10.9 Å². The summed E-state index contributed by atoms with van der Waals surface area (Å²) in [6.07, 6.45) is 12.4. The van der Waals surface area contributed by atoms with Crippen molar-refractivity contribution >= 4 is 35.8 Å². The highest BCUT2D eigenvalue weighted by Crippen LogP contribution is 2.22. The molecule has 2 N–H and O–H groups in total. The fourth-order valence-corrected chi connectivity index (χ4v) is 3.70. The van der Waals surface area contributed by atoms with Gasteiger partial charge in [-0.2, -0.15) is 0 Å². The number of hydrogen-bond donors (Lipinski definition) is 2. The van der Waals surface area contributed by atoms with Gasteiger partial charge in [0.2, 0.25) is 5.91 Å². The quantitative estimate of drug-likeness (QED) is 0.262. The zero-order valence-electron chi connectivity index (χ0n) is 15.9. The SMILES string of the molecule is CCNC(=NCC1CCCCCCC1)NCCCN1CCCC1=O.I. The molecule has 0 atom stereocenters. The largest absolute Gasteiger partial charge is 0.357 e. The monoisotopic (exact) mass is 464 g/mol. The smallest absolute Gasteiger partial charge is 0.222 e. The first kappa shape index (κ1) is 22.5. The third-order valence-electron chi connectivity index (χ3n) is 5.15. The van der Waals surface area contributed by atoms with Gasteiger partial charge in [-0.1, -0.05) is 32.1 Å². The third kappa shape index (κ3) is 9.11. The molecule has 2 aliphatic rings. The molecule has 25 heavy (non-hydrogen) atoms. The highest BCUT2D eigenvalue weighted by Gasteiger charge is 2.19. The van der Waals surface area contributed by atoms with Crippen molar-refractivity contribution < 1.29 is 4.79 Å². The summed E-state index contributed by atoms with van der Waals surface area (Å²) in [5.74, 6) is 2.01. The molecule has 1 saturated carbocycles. The van der Waals surface area contributed by atoms with Crippen LogP contribution in [0.15, 0.2) is 4.99 Å². The maximum atomic E-state index is 11.6. The summed E-state index contributed by atoms with van der Waals surface area (Å²) >= 11 is 0. The number of carbonyl (C=O) groups excluding carboxylic acids is 1. The van der Waals surface area contributed by atoms with Crippen LogP contribution < -0.4 is 10.6 Å². The van der Waals surface area contributed by atoms with Crippen molar-refractivity contribution in [3.63, 3.8) is 0 Å². The third-order valence-corrected chi connectivity index (χ3v) is 5.15. The summed E-state index contributed by atoms with van der Waals surface area (Å²) in [6, 6.07) is 0. The van der Waals surface area contributed by atoms with Crippen molar-refractivity contribution in [1.29, 1.82) is 0 Å². The van der Waals surface area contributed by atoms with Crippen molar-refractivity contribution in [2.75, 3.05) is 32.7 Å². The van der Waals surface area contributed by atoms with Crippen LogP contribution in [-0.4, -0.2) is 49.5 Å². The maximum absolute atomic E-state index is 11.6. The van der Waals surface area contributed by atoms with Crippen molar-refractivity contribution in [3.05, 3.63) is 0 Å². The van der Waals surface area contributed by atoms with Gasteiger partial charge in [-0.05, 0) is 38.5 Å². The number of rotatable bonds is 7. The number of carbonyl (C=O) groups is 1. The average Bonchev–Trinajstić information content (AvgIpc) is 2.95. The van der Waals surface area contributed by atoms with Crippen LogP contribution in [0, 0.1) is 5.92 Å². The van der Waals surface area contributed by atoms with Crippen LogP contribution >= 0.6 is 24.0 Å². The molecule has 6 heteroatoms. The highest BCUT2D eigenvalue weighted by molar-refractivity contribution is 14.0. The predicted molar refractivity (Wildman–Crippen MR) is 116 cm³/mol. The van der Waals surface area contributed by atoms with E-state index in [2.05, 4.69) is 17.6 Å². The fourth-order valence-electron chi connectivity index (χ4n) is 3.70. The summed E-state index contributed by atoms with van der Waals surface area (Å²) in [5.41, 5.74) is 0. The van der Waals surface area contributed by atoms with Gasteiger partial charge in [0.25, 0.3) is 0 Å². The molecule has 1 aliphatic carbocycles. The van der Waals surface area contributed by atoms with Gasteiger partial charge in [0.15, 0.2) is 5.96 Å². The van der Waals surface area contributed by atoms with Gasteiger partial charge in [0, 0.05) is 39.1 Å². The maximum Gasteiger partial charge on any atom is 0.222 e. The van der Waals surface area contributed by atoms with Gasteiger partial charge in [-0.25, -0.2) is 0 Å². The fraction of sp³-hybridized carbons (Fsp3) is 0.895. The number of halogens is 1. The van der Waals surface area contributed by atoms with E-state index in [1.807, 2.05) is 4.90 Å². The Kier molecular flexibility index (Phi) is 12.3. The highest BCUT2D eigenvalue weighted by atomic mass is 127. The number of nitrogens with one attached hydrogen (secondary N) is 2. The molecule has 0 unspecified atom stereocenters. The number of nitrogens with zero attached hydrogens (tertiary/aromatic N) is 2. The lowest BCUT2D eigenvalue weighted by Crippen LogP contribution is -2.39. The number of amides is 1. The van der Waals surface area contributed by atoms with Crippen LogP contribution in [0.2, 0.25) is 0 Å². The van der Waals surface area contributed by atoms with Crippen LogP contribution in [-0.2, 0) is 4.79 Å². The minimum Gasteiger partial charge on any atom is -0.357 e. The molecule has 0 bridgehead atoms. The molecule has 0 radical (unpaired) electrons. The molecule has 0 aromatic carbocycles. The zero-order valence-corrected chi connectivity index (χ0v) is 18.2. The molecule has 2 fully saturated rings. The Hall–Kier alpha value is -0.530. The second-order valence-corrected chi connectivity index (χ2v) is 7.20. The zero-order chi connectivity index (χ0) is 17.0. The minimum absolute atomic E-state index is 0.